The molecule has 0 aromatic carbocycles. The van der Waals surface area contributed by atoms with Crippen LogP contribution in [0.2, 0.25) is 0 Å². The molecule has 5 heteroatoms. The van der Waals surface area contributed by atoms with Crippen LogP contribution in [-0.2, 0) is 6.54 Å². The van der Waals surface area contributed by atoms with E-state index < -0.39 is 0 Å². The summed E-state index contributed by atoms with van der Waals surface area (Å²) in [5, 5.41) is 3.56. The Balaban J connectivity index is 1.62. The van der Waals surface area contributed by atoms with E-state index in [9.17, 15) is 4.79 Å². The maximum atomic E-state index is 11.8. The predicted octanol–water partition coefficient (Wildman–Crippen LogP) is 2.30. The van der Waals surface area contributed by atoms with Crippen LogP contribution in [0, 0.1) is 0 Å². The molecule has 0 radical (unpaired) electrons. The average Bonchev–Trinajstić information content (AvgIpc) is 2.65. The molecule has 0 unspecified atom stereocenters. The van der Waals surface area contributed by atoms with Crippen molar-refractivity contribution < 1.29 is 4.42 Å². The van der Waals surface area contributed by atoms with Gasteiger partial charge < -0.3 is 9.73 Å². The first-order valence-corrected chi connectivity index (χ1v) is 7.52. The van der Waals surface area contributed by atoms with Gasteiger partial charge in [0.2, 0.25) is 0 Å². The number of nitrogens with zero attached hydrogens (tertiary/aromatic N) is 2. The SMILES string of the molecule is O=c1oc2cccnc2n1CCNC1CCCCCC1. The molecule has 2 aromatic rings. The highest BCUT2D eigenvalue weighted by Gasteiger charge is 2.13. The summed E-state index contributed by atoms with van der Waals surface area (Å²) in [5.41, 5.74) is 1.20. The number of hydrogen-bond donors (Lipinski definition) is 1. The van der Waals surface area contributed by atoms with Gasteiger partial charge in [-0.3, -0.25) is 4.57 Å². The third-order valence-electron chi connectivity index (χ3n) is 4.05. The van der Waals surface area contributed by atoms with Gasteiger partial charge in [-0.05, 0) is 25.0 Å². The van der Waals surface area contributed by atoms with Crippen LogP contribution in [0.15, 0.2) is 27.5 Å². The topological polar surface area (TPSA) is 60.1 Å². The van der Waals surface area contributed by atoms with Gasteiger partial charge in [0.25, 0.3) is 0 Å². The van der Waals surface area contributed by atoms with E-state index in [2.05, 4.69) is 10.3 Å². The Hall–Kier alpha value is -1.62. The Labute approximate surface area is 118 Å². The molecule has 20 heavy (non-hydrogen) atoms. The first-order valence-electron chi connectivity index (χ1n) is 7.52. The molecule has 2 heterocycles. The van der Waals surface area contributed by atoms with Gasteiger partial charge in [-0.15, -0.1) is 0 Å². The van der Waals surface area contributed by atoms with Crippen molar-refractivity contribution in [2.45, 2.75) is 51.1 Å². The minimum atomic E-state index is -0.318. The molecule has 3 rings (SSSR count). The van der Waals surface area contributed by atoms with Gasteiger partial charge in [-0.1, -0.05) is 25.7 Å². The molecule has 0 bridgehead atoms. The summed E-state index contributed by atoms with van der Waals surface area (Å²) >= 11 is 0. The van der Waals surface area contributed by atoms with Crippen LogP contribution >= 0.6 is 0 Å². The molecular weight excluding hydrogens is 254 g/mol. The van der Waals surface area contributed by atoms with Crippen molar-refractivity contribution in [1.29, 1.82) is 0 Å². The summed E-state index contributed by atoms with van der Waals surface area (Å²) in [6.45, 7) is 1.40. The second-order valence-electron chi connectivity index (χ2n) is 5.49. The highest BCUT2D eigenvalue weighted by atomic mass is 16.4. The van der Waals surface area contributed by atoms with Crippen molar-refractivity contribution in [1.82, 2.24) is 14.9 Å². The number of aromatic nitrogens is 2. The third kappa shape index (κ3) is 2.93. The van der Waals surface area contributed by atoms with E-state index in [0.717, 1.165) is 6.54 Å². The minimum Gasteiger partial charge on any atom is -0.406 e. The molecule has 108 valence electrons. The Kier molecular flexibility index (Phi) is 4.16. The lowest BCUT2D eigenvalue weighted by Gasteiger charge is -2.15. The zero-order valence-corrected chi connectivity index (χ0v) is 11.7. The Morgan fingerprint density at radius 2 is 2.10 bits per heavy atom. The van der Waals surface area contributed by atoms with Gasteiger partial charge in [0.1, 0.15) is 0 Å². The van der Waals surface area contributed by atoms with Crippen molar-refractivity contribution in [3.05, 3.63) is 28.9 Å². The van der Waals surface area contributed by atoms with Gasteiger partial charge in [-0.2, -0.15) is 0 Å². The largest absolute Gasteiger partial charge is 0.421 e. The standard InChI is InChI=1S/C15H21N3O2/c19-15-18(14-13(20-15)8-5-9-17-14)11-10-16-12-6-3-1-2-4-7-12/h5,8-9,12,16H,1-4,6-7,10-11H2. The minimum absolute atomic E-state index is 0.318. The number of hydrogen-bond acceptors (Lipinski definition) is 4. The van der Waals surface area contributed by atoms with Crippen LogP contribution in [0.1, 0.15) is 38.5 Å². The summed E-state index contributed by atoms with van der Waals surface area (Å²) < 4.78 is 6.79. The van der Waals surface area contributed by atoms with Crippen LogP contribution in [-0.4, -0.2) is 22.1 Å². The van der Waals surface area contributed by atoms with Crippen LogP contribution in [0.25, 0.3) is 11.2 Å². The molecule has 1 N–H and O–H groups in total. The molecule has 0 spiro atoms. The fourth-order valence-corrected chi connectivity index (χ4v) is 2.96. The first-order chi connectivity index (χ1) is 9.84. The highest BCUT2D eigenvalue weighted by Crippen LogP contribution is 2.17. The number of rotatable bonds is 4. The van der Waals surface area contributed by atoms with E-state index in [1.807, 2.05) is 0 Å². The van der Waals surface area contributed by atoms with E-state index in [4.69, 9.17) is 4.42 Å². The molecule has 1 aliphatic rings. The summed E-state index contributed by atoms with van der Waals surface area (Å²) in [6, 6.07) is 4.15. The predicted molar refractivity (Wildman–Crippen MR) is 77.8 cm³/mol. The van der Waals surface area contributed by atoms with E-state index in [0.29, 0.717) is 23.8 Å². The number of fused-ring (bicyclic) bond motifs is 1. The fourth-order valence-electron chi connectivity index (χ4n) is 2.96. The smallest absolute Gasteiger partial charge is 0.406 e. The Morgan fingerprint density at radius 3 is 2.90 bits per heavy atom. The molecular formula is C15H21N3O2. The molecule has 2 aromatic heterocycles. The van der Waals surface area contributed by atoms with Crippen molar-refractivity contribution >= 4 is 11.2 Å². The van der Waals surface area contributed by atoms with Gasteiger partial charge >= 0.3 is 5.76 Å². The molecule has 1 fully saturated rings. The summed E-state index contributed by atoms with van der Waals surface area (Å²) in [5.74, 6) is -0.318. The number of nitrogens with one attached hydrogen (secondary N) is 1. The monoisotopic (exact) mass is 275 g/mol. The van der Waals surface area contributed by atoms with Crippen molar-refractivity contribution in [2.24, 2.45) is 0 Å². The summed E-state index contributed by atoms with van der Waals surface area (Å²) in [4.78, 5) is 16.0. The average molecular weight is 275 g/mol. The van der Waals surface area contributed by atoms with E-state index in [-0.39, 0.29) is 5.76 Å². The number of oxazole rings is 1. The van der Waals surface area contributed by atoms with Crippen LogP contribution < -0.4 is 11.1 Å². The van der Waals surface area contributed by atoms with Crippen molar-refractivity contribution in [2.75, 3.05) is 6.54 Å². The van der Waals surface area contributed by atoms with Gasteiger partial charge in [0, 0.05) is 25.3 Å². The molecule has 1 aliphatic carbocycles. The lowest BCUT2D eigenvalue weighted by atomic mass is 10.1. The zero-order valence-electron chi connectivity index (χ0n) is 11.7. The lowest BCUT2D eigenvalue weighted by molar-refractivity contribution is 0.433. The van der Waals surface area contributed by atoms with Crippen LogP contribution in [0.4, 0.5) is 0 Å². The van der Waals surface area contributed by atoms with Gasteiger partial charge in [0.05, 0.1) is 0 Å². The van der Waals surface area contributed by atoms with Gasteiger partial charge in [0.15, 0.2) is 11.2 Å². The second-order valence-corrected chi connectivity index (χ2v) is 5.49. The molecule has 0 atom stereocenters. The van der Waals surface area contributed by atoms with Gasteiger partial charge in [-0.25, -0.2) is 9.78 Å². The summed E-state index contributed by atoms with van der Waals surface area (Å²) in [7, 11) is 0. The Bertz CT molecular complexity index is 609. The second kappa shape index (κ2) is 6.22. The molecule has 0 saturated heterocycles. The summed E-state index contributed by atoms with van der Waals surface area (Å²) in [6.07, 6.45) is 9.52. The van der Waals surface area contributed by atoms with Crippen molar-refractivity contribution in [3.8, 4) is 0 Å². The van der Waals surface area contributed by atoms with E-state index >= 15 is 0 Å². The Morgan fingerprint density at radius 1 is 1.30 bits per heavy atom. The molecule has 0 aliphatic heterocycles. The molecule has 0 amide bonds. The molecule has 1 saturated carbocycles. The number of pyridine rings is 1. The zero-order chi connectivity index (χ0) is 13.8. The quantitative estimate of drug-likeness (QED) is 0.870. The fraction of sp³-hybridized carbons (Fsp3) is 0.600. The van der Waals surface area contributed by atoms with E-state index in [1.165, 1.54) is 38.5 Å². The molecule has 5 nitrogen and oxygen atoms in total. The van der Waals surface area contributed by atoms with Crippen molar-refractivity contribution in [3.63, 3.8) is 0 Å². The highest BCUT2D eigenvalue weighted by molar-refractivity contribution is 5.67. The lowest BCUT2D eigenvalue weighted by Crippen LogP contribution is -2.33. The van der Waals surface area contributed by atoms with Crippen LogP contribution in [0.3, 0.4) is 0 Å². The van der Waals surface area contributed by atoms with E-state index in [1.54, 1.807) is 22.9 Å². The third-order valence-corrected chi connectivity index (χ3v) is 4.05. The first kappa shape index (κ1) is 13.4. The van der Waals surface area contributed by atoms with Crippen LogP contribution in [0.5, 0.6) is 0 Å². The normalized spacial score (nSPS) is 17.4. The maximum absolute atomic E-state index is 11.8. The maximum Gasteiger partial charge on any atom is 0.421 e.